The Hall–Kier alpha value is -1.89. The van der Waals surface area contributed by atoms with Crippen LogP contribution < -0.4 is 15.8 Å². The second kappa shape index (κ2) is 9.42. The van der Waals surface area contributed by atoms with Gasteiger partial charge in [0.15, 0.2) is 0 Å². The van der Waals surface area contributed by atoms with Gasteiger partial charge in [-0.05, 0) is 24.3 Å². The van der Waals surface area contributed by atoms with Crippen LogP contribution in [0.5, 0.6) is 11.5 Å². The lowest BCUT2D eigenvalue weighted by molar-refractivity contribution is -0.123. The molecular weight excluding hydrogens is 372 g/mol. The molecule has 0 aliphatic carbocycles. The molecule has 0 fully saturated rings. The molecule has 3 N–H and O–H groups in total. The van der Waals surface area contributed by atoms with E-state index in [2.05, 4.69) is 21.2 Å². The molecule has 0 bridgehead atoms. The number of methoxy groups -OCH3 is 1. The molecule has 128 valence electrons. The third kappa shape index (κ3) is 5.63. The molecule has 0 radical (unpaired) electrons. The average molecular weight is 393 g/mol. The van der Waals surface area contributed by atoms with Crippen molar-refractivity contribution in [2.24, 2.45) is 5.73 Å². The second-order valence-corrected chi connectivity index (χ2v) is 6.16. The Morgan fingerprint density at radius 3 is 2.67 bits per heavy atom. The zero-order valence-corrected chi connectivity index (χ0v) is 15.1. The summed E-state index contributed by atoms with van der Waals surface area (Å²) < 4.78 is 12.0. The van der Waals surface area contributed by atoms with Crippen LogP contribution in [0.1, 0.15) is 12.0 Å². The fraction of sp³-hybridized carbons (Fsp3) is 0.278. The van der Waals surface area contributed by atoms with E-state index in [1.54, 1.807) is 7.11 Å². The highest BCUT2D eigenvalue weighted by atomic mass is 79.9. The fourth-order valence-electron chi connectivity index (χ4n) is 2.12. The molecule has 0 spiro atoms. The van der Waals surface area contributed by atoms with Crippen LogP contribution in [0.25, 0.3) is 0 Å². The predicted molar refractivity (Wildman–Crippen MR) is 97.0 cm³/mol. The minimum Gasteiger partial charge on any atom is -0.457 e. The van der Waals surface area contributed by atoms with Crippen LogP contribution in [0.15, 0.2) is 53.0 Å². The van der Waals surface area contributed by atoms with Crippen molar-refractivity contribution in [2.45, 2.75) is 19.1 Å². The number of amides is 1. The van der Waals surface area contributed by atoms with Gasteiger partial charge in [-0.25, -0.2) is 0 Å². The standard InChI is InChI=1S/C18H21BrN2O3/c1-23-16(11-20)10-18(22)21-12-13-7-8-14(19)9-17(13)24-15-5-3-2-4-6-15/h2-9,16H,10-12,20H2,1H3,(H,21,22). The first-order valence-electron chi connectivity index (χ1n) is 7.63. The Labute approximate surface area is 150 Å². The molecule has 0 aromatic heterocycles. The Balaban J connectivity index is 2.03. The molecule has 0 aliphatic rings. The van der Waals surface area contributed by atoms with Gasteiger partial charge in [0, 0.05) is 30.2 Å². The summed E-state index contributed by atoms with van der Waals surface area (Å²) in [6, 6.07) is 15.2. The zero-order valence-electron chi connectivity index (χ0n) is 13.5. The number of nitrogens with two attached hydrogens (primary N) is 1. The lowest BCUT2D eigenvalue weighted by Crippen LogP contribution is -2.31. The van der Waals surface area contributed by atoms with Gasteiger partial charge in [0.2, 0.25) is 5.91 Å². The van der Waals surface area contributed by atoms with E-state index in [-0.39, 0.29) is 18.4 Å². The van der Waals surface area contributed by atoms with Crippen LogP contribution in [-0.2, 0) is 16.1 Å². The summed E-state index contributed by atoms with van der Waals surface area (Å²) in [5.41, 5.74) is 6.42. The fourth-order valence-corrected chi connectivity index (χ4v) is 2.46. The van der Waals surface area contributed by atoms with Crippen LogP contribution in [-0.4, -0.2) is 25.7 Å². The van der Waals surface area contributed by atoms with E-state index in [0.717, 1.165) is 15.8 Å². The maximum atomic E-state index is 12.0. The van der Waals surface area contributed by atoms with Crippen molar-refractivity contribution in [3.05, 3.63) is 58.6 Å². The van der Waals surface area contributed by atoms with Crippen LogP contribution in [0, 0.1) is 0 Å². The Bertz CT molecular complexity index is 661. The monoisotopic (exact) mass is 392 g/mol. The number of ether oxygens (including phenoxy) is 2. The van der Waals surface area contributed by atoms with Crippen LogP contribution >= 0.6 is 15.9 Å². The molecular formula is C18H21BrN2O3. The topological polar surface area (TPSA) is 73.6 Å². The molecule has 2 aromatic carbocycles. The molecule has 24 heavy (non-hydrogen) atoms. The Morgan fingerprint density at radius 1 is 1.25 bits per heavy atom. The van der Waals surface area contributed by atoms with Crippen molar-refractivity contribution in [3.63, 3.8) is 0 Å². The number of rotatable bonds is 8. The van der Waals surface area contributed by atoms with Gasteiger partial charge in [-0.2, -0.15) is 0 Å². The molecule has 0 heterocycles. The number of carbonyl (C=O) groups excluding carboxylic acids is 1. The number of hydrogen-bond donors (Lipinski definition) is 2. The van der Waals surface area contributed by atoms with Crippen LogP contribution in [0.3, 0.4) is 0 Å². The van der Waals surface area contributed by atoms with Crippen molar-refractivity contribution < 1.29 is 14.3 Å². The van der Waals surface area contributed by atoms with E-state index in [1.807, 2.05) is 48.5 Å². The van der Waals surface area contributed by atoms with E-state index < -0.39 is 0 Å². The minimum absolute atomic E-state index is 0.110. The summed E-state index contributed by atoms with van der Waals surface area (Å²) in [6.07, 6.45) is -0.0340. The highest BCUT2D eigenvalue weighted by molar-refractivity contribution is 9.10. The van der Waals surface area contributed by atoms with E-state index in [4.69, 9.17) is 15.2 Å². The van der Waals surface area contributed by atoms with Gasteiger partial charge in [0.05, 0.1) is 12.5 Å². The molecule has 0 aliphatic heterocycles. The first-order chi connectivity index (χ1) is 11.6. The number of hydrogen-bond acceptors (Lipinski definition) is 4. The molecule has 1 atom stereocenters. The molecule has 0 saturated heterocycles. The van der Waals surface area contributed by atoms with Crippen molar-refractivity contribution in [3.8, 4) is 11.5 Å². The smallest absolute Gasteiger partial charge is 0.222 e. The van der Waals surface area contributed by atoms with Gasteiger partial charge >= 0.3 is 0 Å². The third-order valence-corrected chi connectivity index (χ3v) is 3.98. The largest absolute Gasteiger partial charge is 0.457 e. The van der Waals surface area contributed by atoms with Gasteiger partial charge in [-0.3, -0.25) is 4.79 Å². The molecule has 6 heteroatoms. The highest BCUT2D eigenvalue weighted by Gasteiger charge is 2.12. The normalized spacial score (nSPS) is 11.8. The molecule has 0 saturated carbocycles. The maximum absolute atomic E-state index is 12.0. The van der Waals surface area contributed by atoms with Crippen molar-refractivity contribution in [1.29, 1.82) is 0 Å². The number of para-hydroxylation sites is 1. The first kappa shape index (κ1) is 18.4. The molecule has 2 aromatic rings. The predicted octanol–water partition coefficient (Wildman–Crippen LogP) is 3.22. The maximum Gasteiger partial charge on any atom is 0.222 e. The molecule has 2 rings (SSSR count). The molecule has 1 unspecified atom stereocenters. The summed E-state index contributed by atoms with van der Waals surface area (Å²) in [4.78, 5) is 12.0. The van der Waals surface area contributed by atoms with Gasteiger partial charge in [-0.15, -0.1) is 0 Å². The van der Waals surface area contributed by atoms with E-state index in [9.17, 15) is 4.79 Å². The number of halogens is 1. The summed E-state index contributed by atoms with van der Waals surface area (Å²) >= 11 is 3.44. The van der Waals surface area contributed by atoms with Crippen molar-refractivity contribution >= 4 is 21.8 Å². The minimum atomic E-state index is -0.269. The lowest BCUT2D eigenvalue weighted by atomic mass is 10.2. The second-order valence-electron chi connectivity index (χ2n) is 5.24. The zero-order chi connectivity index (χ0) is 17.4. The van der Waals surface area contributed by atoms with Gasteiger partial charge in [0.25, 0.3) is 0 Å². The third-order valence-electron chi connectivity index (χ3n) is 3.49. The van der Waals surface area contributed by atoms with E-state index >= 15 is 0 Å². The quantitative estimate of drug-likeness (QED) is 0.723. The Morgan fingerprint density at radius 2 is 2.00 bits per heavy atom. The summed E-state index contributed by atoms with van der Waals surface area (Å²) in [5.74, 6) is 1.32. The first-order valence-corrected chi connectivity index (χ1v) is 8.42. The highest BCUT2D eigenvalue weighted by Crippen LogP contribution is 2.28. The molecule has 1 amide bonds. The van der Waals surface area contributed by atoms with Crippen LogP contribution in [0.4, 0.5) is 0 Å². The summed E-state index contributed by atoms with van der Waals surface area (Å²) in [7, 11) is 1.55. The lowest BCUT2D eigenvalue weighted by Gasteiger charge is -2.15. The average Bonchev–Trinajstić information content (AvgIpc) is 2.60. The van der Waals surface area contributed by atoms with E-state index in [1.165, 1.54) is 0 Å². The number of benzene rings is 2. The molecule has 5 nitrogen and oxygen atoms in total. The van der Waals surface area contributed by atoms with Crippen molar-refractivity contribution in [1.82, 2.24) is 5.32 Å². The van der Waals surface area contributed by atoms with Gasteiger partial charge < -0.3 is 20.5 Å². The summed E-state index contributed by atoms with van der Waals surface area (Å²) in [5, 5.41) is 2.87. The van der Waals surface area contributed by atoms with Crippen molar-refractivity contribution in [2.75, 3.05) is 13.7 Å². The summed E-state index contributed by atoms with van der Waals surface area (Å²) in [6.45, 7) is 0.680. The van der Waals surface area contributed by atoms with Gasteiger partial charge in [0.1, 0.15) is 11.5 Å². The Kier molecular flexibility index (Phi) is 7.24. The number of nitrogens with one attached hydrogen (secondary N) is 1. The van der Waals surface area contributed by atoms with Crippen LogP contribution in [0.2, 0.25) is 0 Å². The SMILES string of the molecule is COC(CN)CC(=O)NCc1ccc(Br)cc1Oc1ccccc1. The van der Waals surface area contributed by atoms with E-state index in [0.29, 0.717) is 18.8 Å². The van der Waals surface area contributed by atoms with Gasteiger partial charge in [-0.1, -0.05) is 40.2 Å². The number of carbonyl (C=O) groups is 1.